The molecule has 3 heterocycles. The zero-order valence-electron chi connectivity index (χ0n) is 14.5. The molecule has 23 heavy (non-hydrogen) atoms. The fourth-order valence-electron chi connectivity index (χ4n) is 4.01. The van der Waals surface area contributed by atoms with E-state index in [2.05, 4.69) is 24.3 Å². The van der Waals surface area contributed by atoms with Gasteiger partial charge in [-0.15, -0.1) is 0 Å². The maximum atomic E-state index is 13.4. The molecule has 1 N–H and O–H groups in total. The van der Waals surface area contributed by atoms with E-state index in [1.807, 2.05) is 18.5 Å². The molecular weight excluding hydrogens is 312 g/mol. The van der Waals surface area contributed by atoms with Crippen molar-refractivity contribution in [1.82, 2.24) is 19.4 Å². The van der Waals surface area contributed by atoms with Crippen LogP contribution in [0.5, 0.6) is 0 Å². The van der Waals surface area contributed by atoms with E-state index < -0.39 is 10.0 Å². The van der Waals surface area contributed by atoms with Gasteiger partial charge in [-0.25, -0.2) is 8.42 Å². The van der Waals surface area contributed by atoms with Crippen LogP contribution in [-0.4, -0.2) is 47.7 Å². The van der Waals surface area contributed by atoms with Crippen LogP contribution in [0.2, 0.25) is 0 Å². The van der Waals surface area contributed by atoms with Crippen LogP contribution in [0.4, 0.5) is 0 Å². The molecule has 2 aliphatic rings. The van der Waals surface area contributed by atoms with E-state index in [1.54, 1.807) is 4.31 Å². The Hall–Kier alpha value is -0.920. The second-order valence-corrected chi connectivity index (χ2v) is 9.07. The van der Waals surface area contributed by atoms with Crippen LogP contribution in [-0.2, 0) is 16.6 Å². The number of nitrogens with one attached hydrogen (secondary N) is 1. The first-order valence-electron chi connectivity index (χ1n) is 8.60. The van der Waals surface area contributed by atoms with Gasteiger partial charge in [0.2, 0.25) is 10.0 Å². The van der Waals surface area contributed by atoms with Crippen LogP contribution >= 0.6 is 0 Å². The van der Waals surface area contributed by atoms with Crippen LogP contribution in [0.25, 0.3) is 0 Å². The molecule has 0 amide bonds. The molecule has 3 rings (SSSR count). The van der Waals surface area contributed by atoms with Crippen molar-refractivity contribution < 1.29 is 8.42 Å². The normalized spacial score (nSPS) is 26.0. The summed E-state index contributed by atoms with van der Waals surface area (Å²) in [7, 11) is -3.49. The molecule has 1 aromatic heterocycles. The highest BCUT2D eigenvalue weighted by atomic mass is 32.2. The fraction of sp³-hybridized carbons (Fsp3) is 0.812. The topological polar surface area (TPSA) is 67.2 Å². The van der Waals surface area contributed by atoms with E-state index in [4.69, 9.17) is 0 Å². The second kappa shape index (κ2) is 6.18. The van der Waals surface area contributed by atoms with Gasteiger partial charge in [0.15, 0.2) is 0 Å². The molecule has 0 spiro atoms. The van der Waals surface area contributed by atoms with Crippen molar-refractivity contribution in [2.75, 3.05) is 13.1 Å². The molecule has 2 atom stereocenters. The molecule has 2 saturated heterocycles. The van der Waals surface area contributed by atoms with E-state index >= 15 is 0 Å². The van der Waals surface area contributed by atoms with Gasteiger partial charge in [-0.3, -0.25) is 4.68 Å². The van der Waals surface area contributed by atoms with E-state index in [9.17, 15) is 8.42 Å². The average Bonchev–Trinajstić information content (AvgIpc) is 2.85. The molecule has 0 radical (unpaired) electrons. The Bertz CT molecular complexity index is 666. The standard InChI is InChI=1S/C16H28N4O2S/c1-11(2)10-19-13(4)16(12(3)18-19)23(21,22)20-14-5-6-15(20)9-17-8-7-14/h11,14-15,17H,5-10H2,1-4H3. The average molecular weight is 340 g/mol. The van der Waals surface area contributed by atoms with E-state index in [0.717, 1.165) is 44.6 Å². The first-order valence-corrected chi connectivity index (χ1v) is 10.0. The Balaban J connectivity index is 2.01. The van der Waals surface area contributed by atoms with Crippen LogP contribution in [0.1, 0.15) is 44.5 Å². The maximum absolute atomic E-state index is 13.4. The van der Waals surface area contributed by atoms with Gasteiger partial charge in [0.25, 0.3) is 0 Å². The summed E-state index contributed by atoms with van der Waals surface area (Å²) in [5.41, 5.74) is 1.40. The van der Waals surface area contributed by atoms with Gasteiger partial charge in [-0.05, 0) is 45.6 Å². The summed E-state index contributed by atoms with van der Waals surface area (Å²) in [5, 5.41) is 7.87. The summed E-state index contributed by atoms with van der Waals surface area (Å²) in [4.78, 5) is 0.428. The highest BCUT2D eigenvalue weighted by Gasteiger charge is 2.44. The lowest BCUT2D eigenvalue weighted by Crippen LogP contribution is -2.42. The van der Waals surface area contributed by atoms with Crippen LogP contribution < -0.4 is 5.32 Å². The molecule has 130 valence electrons. The Morgan fingerprint density at radius 1 is 1.22 bits per heavy atom. The van der Waals surface area contributed by atoms with Crippen molar-refractivity contribution in [3.8, 4) is 0 Å². The lowest BCUT2D eigenvalue weighted by atomic mass is 10.1. The minimum absolute atomic E-state index is 0.0831. The summed E-state index contributed by atoms with van der Waals surface area (Å²) >= 11 is 0. The van der Waals surface area contributed by atoms with Crippen LogP contribution in [0, 0.1) is 19.8 Å². The fourth-order valence-corrected chi connectivity index (χ4v) is 6.29. The highest BCUT2D eigenvalue weighted by molar-refractivity contribution is 7.89. The maximum Gasteiger partial charge on any atom is 0.247 e. The second-order valence-electron chi connectivity index (χ2n) is 7.29. The van der Waals surface area contributed by atoms with Gasteiger partial charge in [0.05, 0.1) is 11.4 Å². The van der Waals surface area contributed by atoms with Crippen molar-refractivity contribution >= 4 is 10.0 Å². The van der Waals surface area contributed by atoms with E-state index in [1.165, 1.54) is 0 Å². The zero-order chi connectivity index (χ0) is 16.8. The zero-order valence-corrected chi connectivity index (χ0v) is 15.4. The first kappa shape index (κ1) is 16.9. The predicted octanol–water partition coefficient (Wildman–Crippen LogP) is 1.67. The van der Waals surface area contributed by atoms with Gasteiger partial charge in [0, 0.05) is 25.2 Å². The third kappa shape index (κ3) is 2.94. The minimum atomic E-state index is -3.49. The van der Waals surface area contributed by atoms with E-state index in [-0.39, 0.29) is 12.1 Å². The van der Waals surface area contributed by atoms with Crippen LogP contribution in [0.15, 0.2) is 4.90 Å². The van der Waals surface area contributed by atoms with Crippen molar-refractivity contribution in [1.29, 1.82) is 0 Å². The number of hydrogen-bond donors (Lipinski definition) is 1. The smallest absolute Gasteiger partial charge is 0.247 e. The monoisotopic (exact) mass is 340 g/mol. The molecule has 0 aromatic carbocycles. The van der Waals surface area contributed by atoms with Gasteiger partial charge in [-0.2, -0.15) is 9.40 Å². The highest BCUT2D eigenvalue weighted by Crippen LogP contribution is 2.35. The number of rotatable bonds is 4. The summed E-state index contributed by atoms with van der Waals surface area (Å²) < 4.78 is 30.4. The molecule has 6 nitrogen and oxygen atoms in total. The minimum Gasteiger partial charge on any atom is -0.315 e. The Kier molecular flexibility index (Phi) is 4.55. The molecule has 2 bridgehead atoms. The number of sulfonamides is 1. The Morgan fingerprint density at radius 3 is 2.61 bits per heavy atom. The lowest BCUT2D eigenvalue weighted by molar-refractivity contribution is 0.334. The van der Waals surface area contributed by atoms with Gasteiger partial charge in [-0.1, -0.05) is 13.8 Å². The molecule has 7 heteroatoms. The predicted molar refractivity (Wildman–Crippen MR) is 89.9 cm³/mol. The van der Waals surface area contributed by atoms with Crippen molar-refractivity contribution in [3.05, 3.63) is 11.4 Å². The molecule has 2 aliphatic heterocycles. The summed E-state index contributed by atoms with van der Waals surface area (Å²) in [6.45, 7) is 10.3. The molecule has 2 unspecified atom stereocenters. The SMILES string of the molecule is Cc1nn(CC(C)C)c(C)c1S(=O)(=O)N1C2CCNCC1CC2. The number of fused-ring (bicyclic) bond motifs is 2. The first-order chi connectivity index (χ1) is 10.8. The number of hydrogen-bond acceptors (Lipinski definition) is 4. The Labute approximate surface area is 139 Å². The third-order valence-corrected chi connectivity index (χ3v) is 7.23. The third-order valence-electron chi connectivity index (χ3n) is 4.98. The molecular formula is C16H28N4O2S. The summed E-state index contributed by atoms with van der Waals surface area (Å²) in [6.07, 6.45) is 2.83. The molecule has 0 saturated carbocycles. The molecule has 1 aromatic rings. The van der Waals surface area contributed by atoms with Gasteiger partial charge in [0.1, 0.15) is 4.90 Å². The van der Waals surface area contributed by atoms with Crippen molar-refractivity contribution in [2.24, 2.45) is 5.92 Å². The van der Waals surface area contributed by atoms with Crippen molar-refractivity contribution in [3.63, 3.8) is 0 Å². The van der Waals surface area contributed by atoms with E-state index in [0.29, 0.717) is 16.5 Å². The lowest BCUT2D eigenvalue weighted by Gasteiger charge is -2.27. The number of aryl methyl sites for hydroxylation is 1. The summed E-state index contributed by atoms with van der Waals surface area (Å²) in [5.74, 6) is 0.433. The van der Waals surface area contributed by atoms with Crippen molar-refractivity contribution in [2.45, 2.75) is 70.5 Å². The van der Waals surface area contributed by atoms with Gasteiger partial charge >= 0.3 is 0 Å². The summed E-state index contributed by atoms with van der Waals surface area (Å²) in [6, 6.07) is 0.215. The number of nitrogens with zero attached hydrogens (tertiary/aromatic N) is 3. The molecule has 2 fully saturated rings. The number of aromatic nitrogens is 2. The van der Waals surface area contributed by atoms with Crippen LogP contribution in [0.3, 0.4) is 0 Å². The Morgan fingerprint density at radius 2 is 1.91 bits per heavy atom. The largest absolute Gasteiger partial charge is 0.315 e. The van der Waals surface area contributed by atoms with Gasteiger partial charge < -0.3 is 5.32 Å². The molecule has 0 aliphatic carbocycles. The quantitative estimate of drug-likeness (QED) is 0.905.